The van der Waals surface area contributed by atoms with Crippen LogP contribution in [-0.2, 0) is 16.8 Å². The van der Waals surface area contributed by atoms with Crippen LogP contribution in [0.5, 0.6) is 5.75 Å². The second-order valence-electron chi connectivity index (χ2n) is 8.97. The van der Waals surface area contributed by atoms with Crippen molar-refractivity contribution in [2.24, 2.45) is 5.92 Å². The number of nitrogens with zero attached hydrogens (tertiary/aromatic N) is 1. The van der Waals surface area contributed by atoms with Gasteiger partial charge in [-0.2, -0.15) is 0 Å². The van der Waals surface area contributed by atoms with Crippen LogP contribution in [0, 0.1) is 11.7 Å². The van der Waals surface area contributed by atoms with Crippen molar-refractivity contribution in [3.05, 3.63) is 62.7 Å². The predicted molar refractivity (Wildman–Crippen MR) is 120 cm³/mol. The minimum Gasteiger partial charge on any atom is -0.490 e. The SMILES string of the molecule is O=c1ccn(CCCCCCCNC2(c3ccc(F)c(OCC4CC4)c3)COC2)c(=O)[nH]1. The molecule has 0 unspecified atom stereocenters. The van der Waals surface area contributed by atoms with E-state index >= 15 is 0 Å². The fourth-order valence-electron chi connectivity index (χ4n) is 3.97. The fraction of sp³-hybridized carbons (Fsp3) is 0.583. The molecule has 32 heavy (non-hydrogen) atoms. The average Bonchev–Trinajstić information content (AvgIpc) is 3.57. The first kappa shape index (κ1) is 22.7. The van der Waals surface area contributed by atoms with Gasteiger partial charge in [0, 0.05) is 18.8 Å². The van der Waals surface area contributed by atoms with Crippen molar-refractivity contribution in [3.63, 3.8) is 0 Å². The van der Waals surface area contributed by atoms with E-state index in [9.17, 15) is 14.0 Å². The van der Waals surface area contributed by atoms with Gasteiger partial charge in [0.05, 0.1) is 25.4 Å². The molecule has 0 atom stereocenters. The predicted octanol–water partition coefficient (Wildman–Crippen LogP) is 2.93. The van der Waals surface area contributed by atoms with Gasteiger partial charge in [0.2, 0.25) is 0 Å². The van der Waals surface area contributed by atoms with Gasteiger partial charge in [0.15, 0.2) is 11.6 Å². The molecule has 2 N–H and O–H groups in total. The Kier molecular flexibility index (Phi) is 7.42. The van der Waals surface area contributed by atoms with E-state index in [-0.39, 0.29) is 22.6 Å². The molecular formula is C24H32FN3O4. The maximum Gasteiger partial charge on any atom is 0.328 e. The molecule has 2 aliphatic rings. The summed E-state index contributed by atoms with van der Waals surface area (Å²) in [6, 6.07) is 6.52. The Bertz CT molecular complexity index is 1010. The van der Waals surface area contributed by atoms with E-state index in [0.717, 1.165) is 44.2 Å². The first-order chi connectivity index (χ1) is 15.6. The zero-order valence-corrected chi connectivity index (χ0v) is 18.4. The molecule has 174 valence electrons. The largest absolute Gasteiger partial charge is 0.490 e. The van der Waals surface area contributed by atoms with E-state index in [1.807, 2.05) is 12.1 Å². The molecule has 0 spiro atoms. The number of aromatic amines is 1. The minimum absolute atomic E-state index is 0.267. The molecule has 2 aromatic rings. The summed E-state index contributed by atoms with van der Waals surface area (Å²) in [5.41, 5.74) is 0.0338. The van der Waals surface area contributed by atoms with Gasteiger partial charge in [-0.15, -0.1) is 0 Å². The minimum atomic E-state index is -0.365. The van der Waals surface area contributed by atoms with E-state index in [1.54, 1.807) is 6.20 Å². The number of halogens is 1. The van der Waals surface area contributed by atoms with Gasteiger partial charge >= 0.3 is 5.69 Å². The fourth-order valence-corrected chi connectivity index (χ4v) is 3.97. The van der Waals surface area contributed by atoms with E-state index in [1.165, 1.54) is 29.5 Å². The van der Waals surface area contributed by atoms with Crippen molar-refractivity contribution in [3.8, 4) is 5.75 Å². The number of rotatable bonds is 13. The Hall–Kier alpha value is -2.45. The van der Waals surface area contributed by atoms with Crippen LogP contribution < -0.4 is 21.3 Å². The maximum absolute atomic E-state index is 14.1. The van der Waals surface area contributed by atoms with Gasteiger partial charge in [-0.3, -0.25) is 9.78 Å². The monoisotopic (exact) mass is 445 g/mol. The third-order valence-electron chi connectivity index (χ3n) is 6.29. The number of benzene rings is 1. The molecule has 0 amide bonds. The maximum atomic E-state index is 14.1. The molecule has 7 nitrogen and oxygen atoms in total. The van der Waals surface area contributed by atoms with E-state index < -0.39 is 0 Å². The summed E-state index contributed by atoms with van der Waals surface area (Å²) in [5.74, 6) is 0.604. The Morgan fingerprint density at radius 1 is 1.12 bits per heavy atom. The third kappa shape index (κ3) is 5.86. The van der Waals surface area contributed by atoms with E-state index in [2.05, 4.69) is 10.3 Å². The summed E-state index contributed by atoms with van der Waals surface area (Å²) in [5, 5.41) is 3.62. The van der Waals surface area contributed by atoms with Crippen LogP contribution in [0.25, 0.3) is 0 Å². The molecule has 1 aliphatic carbocycles. The van der Waals surface area contributed by atoms with Crippen molar-refractivity contribution >= 4 is 0 Å². The molecule has 1 saturated carbocycles. The van der Waals surface area contributed by atoms with Gasteiger partial charge in [-0.05, 0) is 55.8 Å². The number of H-pyrrole nitrogens is 1. The van der Waals surface area contributed by atoms with Crippen LogP contribution in [0.3, 0.4) is 0 Å². The lowest BCUT2D eigenvalue weighted by molar-refractivity contribution is -0.0786. The zero-order chi connectivity index (χ0) is 22.4. The topological polar surface area (TPSA) is 85.3 Å². The molecule has 1 saturated heterocycles. The smallest absolute Gasteiger partial charge is 0.328 e. The van der Waals surface area contributed by atoms with Crippen molar-refractivity contribution in [1.82, 2.24) is 14.9 Å². The number of ether oxygens (including phenoxy) is 2. The van der Waals surface area contributed by atoms with Crippen LogP contribution in [0.2, 0.25) is 0 Å². The van der Waals surface area contributed by atoms with Crippen molar-refractivity contribution in [2.75, 3.05) is 26.4 Å². The normalized spacial score (nSPS) is 17.2. The number of aryl methyl sites for hydroxylation is 1. The highest BCUT2D eigenvalue weighted by Gasteiger charge is 2.40. The van der Waals surface area contributed by atoms with Crippen LogP contribution in [0.15, 0.2) is 40.1 Å². The summed E-state index contributed by atoms with van der Waals surface area (Å²) >= 11 is 0. The summed E-state index contributed by atoms with van der Waals surface area (Å²) in [6.45, 7) is 3.22. The van der Waals surface area contributed by atoms with Crippen LogP contribution in [-0.4, -0.2) is 35.9 Å². The Morgan fingerprint density at radius 3 is 2.62 bits per heavy atom. The highest BCUT2D eigenvalue weighted by Crippen LogP contribution is 2.34. The molecule has 0 radical (unpaired) electrons. The van der Waals surface area contributed by atoms with E-state index in [4.69, 9.17) is 9.47 Å². The third-order valence-corrected chi connectivity index (χ3v) is 6.29. The van der Waals surface area contributed by atoms with Gasteiger partial charge in [-0.25, -0.2) is 9.18 Å². The molecule has 1 aliphatic heterocycles. The quantitative estimate of drug-likeness (QED) is 0.463. The van der Waals surface area contributed by atoms with Gasteiger partial charge in [0.1, 0.15) is 0 Å². The van der Waals surface area contributed by atoms with Crippen LogP contribution in [0.1, 0.15) is 50.5 Å². The molecule has 8 heteroatoms. The number of nitrogens with one attached hydrogen (secondary N) is 2. The second-order valence-corrected chi connectivity index (χ2v) is 8.97. The van der Waals surface area contributed by atoms with Crippen molar-refractivity contribution < 1.29 is 13.9 Å². The molecular weight excluding hydrogens is 413 g/mol. The molecule has 2 fully saturated rings. The average molecular weight is 446 g/mol. The number of aromatic nitrogens is 2. The summed E-state index contributed by atoms with van der Waals surface area (Å²) in [7, 11) is 0. The Balaban J connectivity index is 1.17. The second kappa shape index (κ2) is 10.4. The lowest BCUT2D eigenvalue weighted by Crippen LogP contribution is -2.57. The van der Waals surface area contributed by atoms with Gasteiger partial charge < -0.3 is 19.4 Å². The molecule has 1 aromatic carbocycles. The lowest BCUT2D eigenvalue weighted by Gasteiger charge is -2.43. The zero-order valence-electron chi connectivity index (χ0n) is 18.4. The summed E-state index contributed by atoms with van der Waals surface area (Å²) < 4.78 is 26.9. The molecule has 1 aromatic heterocycles. The number of hydrogen-bond acceptors (Lipinski definition) is 5. The molecule has 4 rings (SSSR count). The van der Waals surface area contributed by atoms with Crippen molar-refractivity contribution in [1.29, 1.82) is 0 Å². The van der Waals surface area contributed by atoms with Crippen molar-refractivity contribution in [2.45, 2.75) is 57.0 Å². The summed E-state index contributed by atoms with van der Waals surface area (Å²) in [6.07, 6.45) is 9.02. The lowest BCUT2D eigenvalue weighted by atomic mass is 9.87. The van der Waals surface area contributed by atoms with Gasteiger partial charge in [0.25, 0.3) is 5.56 Å². The highest BCUT2D eigenvalue weighted by atomic mass is 19.1. The summed E-state index contributed by atoms with van der Waals surface area (Å²) in [4.78, 5) is 25.0. The Morgan fingerprint density at radius 2 is 1.91 bits per heavy atom. The van der Waals surface area contributed by atoms with Crippen LogP contribution >= 0.6 is 0 Å². The highest BCUT2D eigenvalue weighted by molar-refractivity contribution is 5.36. The Labute approximate surface area is 187 Å². The standard InChI is InChI=1S/C24H32FN3O4/c25-20-9-8-19(14-21(20)32-15-18-6-7-18)24(16-31-17-24)26-11-4-2-1-3-5-12-28-13-10-22(29)27-23(28)30/h8-10,13-14,18,26H,1-7,11-12,15-17H2,(H,27,29,30). The van der Waals surface area contributed by atoms with Crippen LogP contribution in [0.4, 0.5) is 4.39 Å². The number of unbranched alkanes of at least 4 members (excludes halogenated alkanes) is 4. The van der Waals surface area contributed by atoms with Gasteiger partial charge in [-0.1, -0.05) is 25.3 Å². The van der Waals surface area contributed by atoms with E-state index in [0.29, 0.717) is 38.0 Å². The molecule has 0 bridgehead atoms. The molecule has 2 heterocycles. The number of hydrogen-bond donors (Lipinski definition) is 2. The first-order valence-electron chi connectivity index (χ1n) is 11.6. The first-order valence-corrected chi connectivity index (χ1v) is 11.6.